The van der Waals surface area contributed by atoms with Gasteiger partial charge < -0.3 is 20.5 Å². The number of benzene rings is 1. The van der Waals surface area contributed by atoms with E-state index in [0.717, 1.165) is 16.8 Å². The zero-order valence-corrected chi connectivity index (χ0v) is 10.6. The van der Waals surface area contributed by atoms with Gasteiger partial charge in [-0.25, -0.2) is 14.0 Å². The second kappa shape index (κ2) is 4.86. The Morgan fingerprint density at radius 1 is 1.25 bits per heavy atom. The van der Waals surface area contributed by atoms with Crippen LogP contribution in [0.25, 0.3) is 5.69 Å². The molecule has 0 atom stereocenters. The summed E-state index contributed by atoms with van der Waals surface area (Å²) in [6, 6.07) is 3.57. The third kappa shape index (κ3) is 2.19. The van der Waals surface area contributed by atoms with Crippen LogP contribution in [0, 0.1) is 5.82 Å². The molecule has 0 unspecified atom stereocenters. The minimum absolute atomic E-state index is 0.100. The molecule has 2 aromatic rings. The average molecular weight is 299 g/mol. The van der Waals surface area contributed by atoms with Crippen LogP contribution in [-0.2, 0) is 0 Å². The van der Waals surface area contributed by atoms with Crippen molar-refractivity contribution in [3.05, 3.63) is 46.5 Å². The third-order valence-electron chi connectivity index (χ3n) is 2.66. The summed E-state index contributed by atoms with van der Waals surface area (Å²) >= 11 is 5.54. The van der Waals surface area contributed by atoms with Gasteiger partial charge in [0.25, 0.3) is 0 Å². The van der Waals surface area contributed by atoms with Gasteiger partial charge in [-0.05, 0) is 18.2 Å². The molecule has 0 spiro atoms. The average Bonchev–Trinajstić information content (AvgIpc) is 2.70. The van der Waals surface area contributed by atoms with Crippen molar-refractivity contribution >= 4 is 29.2 Å². The molecule has 0 aliphatic carbocycles. The molecule has 6 nitrogen and oxygen atoms in total. The Labute approximate surface area is 116 Å². The second-order valence-corrected chi connectivity index (χ2v) is 4.29. The van der Waals surface area contributed by atoms with Crippen molar-refractivity contribution in [2.24, 2.45) is 0 Å². The summed E-state index contributed by atoms with van der Waals surface area (Å²) in [5.41, 5.74) is 4.38. The first-order valence-corrected chi connectivity index (χ1v) is 5.63. The number of nitrogens with two attached hydrogens (primary N) is 1. The summed E-state index contributed by atoms with van der Waals surface area (Å²) in [6.07, 6.45) is 1.02. The summed E-state index contributed by atoms with van der Waals surface area (Å²) in [6.45, 7) is 0. The lowest BCUT2D eigenvalue weighted by atomic mass is 10.2. The Bertz CT molecular complexity index is 726. The van der Waals surface area contributed by atoms with Crippen molar-refractivity contribution in [3.8, 4) is 5.69 Å². The standard InChI is InChI=1S/C12H8ClFN2O4/c13-7-2-1-5(3-8(7)14)16-4-6(11(17)18)9(15)10(16)12(19)20/h1-4H,15H2,(H,17,18)(H,19,20). The lowest BCUT2D eigenvalue weighted by molar-refractivity contribution is 0.0685. The van der Waals surface area contributed by atoms with Crippen LogP contribution in [0.15, 0.2) is 24.4 Å². The molecule has 0 amide bonds. The van der Waals surface area contributed by atoms with Gasteiger partial charge in [-0.1, -0.05) is 11.6 Å². The maximum atomic E-state index is 13.4. The number of halogens is 2. The smallest absolute Gasteiger partial charge is 0.355 e. The molecule has 0 aliphatic heterocycles. The highest BCUT2D eigenvalue weighted by molar-refractivity contribution is 6.30. The first kappa shape index (κ1) is 13.9. The van der Waals surface area contributed by atoms with Crippen LogP contribution in [-0.4, -0.2) is 26.7 Å². The van der Waals surface area contributed by atoms with Gasteiger partial charge in [-0.2, -0.15) is 0 Å². The fraction of sp³-hybridized carbons (Fsp3) is 0. The number of carbonyl (C=O) groups is 2. The number of aromatic carboxylic acids is 2. The fourth-order valence-electron chi connectivity index (χ4n) is 1.75. The molecule has 104 valence electrons. The minimum Gasteiger partial charge on any atom is -0.478 e. The number of rotatable bonds is 3. The van der Waals surface area contributed by atoms with Crippen molar-refractivity contribution in [2.75, 3.05) is 5.73 Å². The predicted octanol–water partition coefficient (Wildman–Crippen LogP) is 2.25. The van der Waals surface area contributed by atoms with Crippen LogP contribution in [0.5, 0.6) is 0 Å². The van der Waals surface area contributed by atoms with Crippen LogP contribution in [0.1, 0.15) is 20.8 Å². The van der Waals surface area contributed by atoms with E-state index >= 15 is 0 Å². The van der Waals surface area contributed by atoms with E-state index in [0.29, 0.717) is 0 Å². The number of nitrogen functional groups attached to an aromatic ring is 1. The van der Waals surface area contributed by atoms with Gasteiger partial charge in [0.05, 0.1) is 10.7 Å². The normalized spacial score (nSPS) is 10.5. The SMILES string of the molecule is Nc1c(C(=O)O)cn(-c2ccc(Cl)c(F)c2)c1C(=O)O. The number of hydrogen-bond acceptors (Lipinski definition) is 3. The maximum Gasteiger partial charge on any atom is 0.355 e. The number of aromatic nitrogens is 1. The quantitative estimate of drug-likeness (QED) is 0.806. The van der Waals surface area contributed by atoms with Gasteiger partial charge in [-0.3, -0.25) is 0 Å². The van der Waals surface area contributed by atoms with Gasteiger partial charge in [0.2, 0.25) is 0 Å². The van der Waals surface area contributed by atoms with E-state index in [9.17, 15) is 14.0 Å². The highest BCUT2D eigenvalue weighted by Crippen LogP contribution is 2.26. The molecule has 20 heavy (non-hydrogen) atoms. The van der Waals surface area contributed by atoms with E-state index in [1.54, 1.807) is 0 Å². The molecule has 2 rings (SSSR count). The van der Waals surface area contributed by atoms with Gasteiger partial charge >= 0.3 is 11.9 Å². The zero-order chi connectivity index (χ0) is 15.0. The second-order valence-electron chi connectivity index (χ2n) is 3.88. The lowest BCUT2D eigenvalue weighted by Crippen LogP contribution is -2.09. The molecule has 0 bridgehead atoms. The molecular formula is C12H8ClFN2O4. The summed E-state index contributed by atoms with van der Waals surface area (Å²) < 4.78 is 14.4. The molecule has 1 heterocycles. The summed E-state index contributed by atoms with van der Waals surface area (Å²) in [7, 11) is 0. The Hall–Kier alpha value is -2.54. The topological polar surface area (TPSA) is 106 Å². The molecule has 4 N–H and O–H groups in total. The lowest BCUT2D eigenvalue weighted by Gasteiger charge is -2.07. The molecule has 1 aromatic carbocycles. The van der Waals surface area contributed by atoms with Crippen molar-refractivity contribution in [2.45, 2.75) is 0 Å². The molecular weight excluding hydrogens is 291 g/mol. The Morgan fingerprint density at radius 3 is 2.40 bits per heavy atom. The summed E-state index contributed by atoms with van der Waals surface area (Å²) in [5, 5.41) is 17.9. The van der Waals surface area contributed by atoms with Gasteiger partial charge in [-0.15, -0.1) is 0 Å². The Morgan fingerprint density at radius 2 is 1.90 bits per heavy atom. The molecule has 0 fully saturated rings. The fourth-order valence-corrected chi connectivity index (χ4v) is 1.87. The third-order valence-corrected chi connectivity index (χ3v) is 2.97. The van der Waals surface area contributed by atoms with Crippen LogP contribution in [0.2, 0.25) is 5.02 Å². The van der Waals surface area contributed by atoms with Gasteiger partial charge in [0.1, 0.15) is 11.4 Å². The number of carboxylic acids is 2. The van der Waals surface area contributed by atoms with E-state index in [4.69, 9.17) is 27.5 Å². The van der Waals surface area contributed by atoms with Gasteiger partial charge in [0, 0.05) is 11.9 Å². The summed E-state index contributed by atoms with van der Waals surface area (Å²) in [5.74, 6) is -3.56. The number of anilines is 1. The van der Waals surface area contributed by atoms with E-state index in [-0.39, 0.29) is 16.3 Å². The number of nitrogens with zero attached hydrogens (tertiary/aromatic N) is 1. The van der Waals surface area contributed by atoms with Crippen molar-refractivity contribution in [3.63, 3.8) is 0 Å². The highest BCUT2D eigenvalue weighted by atomic mass is 35.5. The highest BCUT2D eigenvalue weighted by Gasteiger charge is 2.24. The number of hydrogen-bond donors (Lipinski definition) is 3. The number of carboxylic acid groups (broad SMARTS) is 2. The van der Waals surface area contributed by atoms with Crippen LogP contribution < -0.4 is 5.73 Å². The molecule has 0 saturated carbocycles. The Kier molecular flexibility index (Phi) is 3.37. The van der Waals surface area contributed by atoms with Crippen LogP contribution in [0.3, 0.4) is 0 Å². The van der Waals surface area contributed by atoms with Crippen molar-refractivity contribution in [1.82, 2.24) is 4.57 Å². The van der Waals surface area contributed by atoms with Gasteiger partial charge in [0.15, 0.2) is 5.69 Å². The molecule has 0 radical (unpaired) electrons. The van der Waals surface area contributed by atoms with Crippen LogP contribution in [0.4, 0.5) is 10.1 Å². The maximum absolute atomic E-state index is 13.4. The predicted molar refractivity (Wildman–Crippen MR) is 69.1 cm³/mol. The largest absolute Gasteiger partial charge is 0.478 e. The van der Waals surface area contributed by atoms with Crippen LogP contribution >= 0.6 is 11.6 Å². The molecule has 0 saturated heterocycles. The van der Waals surface area contributed by atoms with E-state index in [2.05, 4.69) is 0 Å². The van der Waals surface area contributed by atoms with E-state index < -0.39 is 29.1 Å². The zero-order valence-electron chi connectivity index (χ0n) is 9.80. The van der Waals surface area contributed by atoms with Crippen molar-refractivity contribution in [1.29, 1.82) is 0 Å². The van der Waals surface area contributed by atoms with E-state index in [1.807, 2.05) is 0 Å². The minimum atomic E-state index is -1.43. The summed E-state index contributed by atoms with van der Waals surface area (Å²) in [4.78, 5) is 22.2. The van der Waals surface area contributed by atoms with Crippen molar-refractivity contribution < 1.29 is 24.2 Å². The Balaban J connectivity index is 2.72. The molecule has 8 heteroatoms. The monoisotopic (exact) mass is 298 g/mol. The first-order chi connectivity index (χ1) is 9.32. The molecule has 0 aliphatic rings. The van der Waals surface area contributed by atoms with E-state index in [1.165, 1.54) is 12.1 Å². The molecule has 1 aromatic heterocycles. The first-order valence-electron chi connectivity index (χ1n) is 5.25.